The number of nitrogens with zero attached hydrogens (tertiary/aromatic N) is 1. The number of nitrogens with one attached hydrogen (secondary N) is 1. The summed E-state index contributed by atoms with van der Waals surface area (Å²) in [6.07, 6.45) is 3.90. The van der Waals surface area contributed by atoms with Crippen molar-refractivity contribution in [3.8, 4) is 0 Å². The lowest BCUT2D eigenvalue weighted by atomic mass is 10.0. The lowest BCUT2D eigenvalue weighted by Crippen LogP contribution is -2.39. The van der Waals surface area contributed by atoms with E-state index in [4.69, 9.17) is 19.2 Å². The number of aliphatic imine (C=N–C) groups is 1. The van der Waals surface area contributed by atoms with Gasteiger partial charge in [0.05, 0.1) is 24.7 Å². The topological polar surface area (TPSA) is 52.1 Å². The number of thioether (sulfide) groups is 1. The van der Waals surface area contributed by atoms with E-state index in [1.165, 1.54) is 5.57 Å². The second-order valence-corrected chi connectivity index (χ2v) is 8.71. The molecule has 0 saturated carbocycles. The Morgan fingerprint density at radius 2 is 2.08 bits per heavy atom. The zero-order chi connectivity index (χ0) is 17.8. The summed E-state index contributed by atoms with van der Waals surface area (Å²) in [7, 11) is 0. The molecule has 1 unspecified atom stereocenters. The van der Waals surface area contributed by atoms with Crippen molar-refractivity contribution in [2.75, 3.05) is 32.0 Å². The summed E-state index contributed by atoms with van der Waals surface area (Å²) >= 11 is 1.68. The van der Waals surface area contributed by atoms with Crippen molar-refractivity contribution in [3.05, 3.63) is 11.1 Å². The van der Waals surface area contributed by atoms with Gasteiger partial charge in [0.25, 0.3) is 0 Å². The van der Waals surface area contributed by atoms with E-state index in [1.54, 1.807) is 11.8 Å². The van der Waals surface area contributed by atoms with Crippen LogP contribution in [-0.4, -0.2) is 55.2 Å². The van der Waals surface area contributed by atoms with E-state index in [9.17, 15) is 0 Å². The van der Waals surface area contributed by atoms with Crippen molar-refractivity contribution >= 4 is 17.7 Å². The molecule has 138 valence electrons. The molecule has 2 heterocycles. The molecule has 1 N–H and O–H groups in total. The quantitative estimate of drug-likeness (QED) is 0.534. The molecule has 0 bridgehead atoms. The van der Waals surface area contributed by atoms with Gasteiger partial charge in [-0.3, -0.25) is 5.32 Å². The Bertz CT molecular complexity index is 500. The molecule has 24 heavy (non-hydrogen) atoms. The average Bonchev–Trinajstić information content (AvgIpc) is 3.01. The van der Waals surface area contributed by atoms with Crippen molar-refractivity contribution in [1.29, 1.82) is 0 Å². The lowest BCUT2D eigenvalue weighted by molar-refractivity contribution is 0.0920. The summed E-state index contributed by atoms with van der Waals surface area (Å²) in [4.78, 5) is 4.76. The minimum absolute atomic E-state index is 0.0500. The molecule has 5 nitrogen and oxygen atoms in total. The van der Waals surface area contributed by atoms with Gasteiger partial charge < -0.3 is 14.2 Å². The normalized spacial score (nSPS) is 26.1. The molecule has 0 amide bonds. The third-order valence-electron chi connectivity index (χ3n) is 4.11. The maximum atomic E-state index is 5.88. The van der Waals surface area contributed by atoms with E-state index < -0.39 is 0 Å². The minimum Gasteiger partial charge on any atom is -0.475 e. The van der Waals surface area contributed by atoms with Crippen LogP contribution in [0.15, 0.2) is 16.1 Å². The summed E-state index contributed by atoms with van der Waals surface area (Å²) in [5, 5.41) is 3.52. The van der Waals surface area contributed by atoms with Crippen LogP contribution in [0.2, 0.25) is 0 Å². The maximum Gasteiger partial charge on any atom is 0.212 e. The first kappa shape index (κ1) is 19.8. The fourth-order valence-electron chi connectivity index (χ4n) is 2.87. The summed E-state index contributed by atoms with van der Waals surface area (Å²) in [5.41, 5.74) is 2.26. The zero-order valence-electron chi connectivity index (χ0n) is 15.9. The monoisotopic (exact) mass is 356 g/mol. The van der Waals surface area contributed by atoms with E-state index in [0.717, 1.165) is 30.9 Å². The second-order valence-electron chi connectivity index (χ2n) is 7.90. The molecule has 0 spiro atoms. The van der Waals surface area contributed by atoms with Crippen LogP contribution in [0.25, 0.3) is 0 Å². The molecule has 2 rings (SSSR count). The molecule has 0 aromatic heterocycles. The van der Waals surface area contributed by atoms with Crippen LogP contribution in [0.4, 0.5) is 0 Å². The zero-order valence-corrected chi connectivity index (χ0v) is 16.7. The van der Waals surface area contributed by atoms with E-state index in [2.05, 4.69) is 39.9 Å². The predicted molar refractivity (Wildman–Crippen MR) is 101 cm³/mol. The van der Waals surface area contributed by atoms with Gasteiger partial charge in [-0.2, -0.15) is 0 Å². The van der Waals surface area contributed by atoms with Crippen LogP contribution in [-0.2, 0) is 14.2 Å². The largest absolute Gasteiger partial charge is 0.475 e. The van der Waals surface area contributed by atoms with Gasteiger partial charge in [-0.15, -0.1) is 11.8 Å². The highest BCUT2D eigenvalue weighted by Crippen LogP contribution is 2.26. The fraction of sp³-hybridized carbons (Fsp3) is 0.833. The van der Waals surface area contributed by atoms with Gasteiger partial charge >= 0.3 is 0 Å². The molecule has 0 radical (unpaired) electrons. The van der Waals surface area contributed by atoms with Crippen LogP contribution < -0.4 is 5.32 Å². The van der Waals surface area contributed by atoms with Gasteiger partial charge in [-0.1, -0.05) is 0 Å². The number of hydrogen-bond acceptors (Lipinski definition) is 6. The Labute approximate surface area is 150 Å². The minimum atomic E-state index is -0.148. The SMILES string of the molecule is CSCOC/C(C)=C(/CCC1NC(C)(C)CO1)C1=NC(C)(C)CO1. The van der Waals surface area contributed by atoms with Gasteiger partial charge in [0.2, 0.25) is 5.90 Å². The van der Waals surface area contributed by atoms with E-state index in [-0.39, 0.29) is 17.3 Å². The molecule has 6 heteroatoms. The number of rotatable bonds is 8. The van der Waals surface area contributed by atoms with E-state index in [0.29, 0.717) is 19.2 Å². The van der Waals surface area contributed by atoms with E-state index in [1.807, 2.05) is 6.26 Å². The van der Waals surface area contributed by atoms with Gasteiger partial charge in [-0.25, -0.2) is 4.99 Å². The van der Waals surface area contributed by atoms with Gasteiger partial charge in [0.1, 0.15) is 12.8 Å². The summed E-state index contributed by atoms with van der Waals surface area (Å²) < 4.78 is 17.4. The molecule has 0 aliphatic carbocycles. The molecule has 1 saturated heterocycles. The van der Waals surface area contributed by atoms with Gasteiger partial charge in [0, 0.05) is 11.1 Å². The summed E-state index contributed by atoms with van der Waals surface area (Å²) in [6, 6.07) is 0. The van der Waals surface area contributed by atoms with Crippen molar-refractivity contribution in [2.45, 2.75) is 64.8 Å². The Morgan fingerprint density at radius 1 is 1.33 bits per heavy atom. The molecule has 0 aromatic carbocycles. The third-order valence-corrected chi connectivity index (χ3v) is 4.52. The molecule has 2 aliphatic heterocycles. The van der Waals surface area contributed by atoms with Crippen LogP contribution in [0.3, 0.4) is 0 Å². The molecule has 1 fully saturated rings. The highest BCUT2D eigenvalue weighted by Gasteiger charge is 2.32. The van der Waals surface area contributed by atoms with Gasteiger partial charge in [0.15, 0.2) is 0 Å². The average molecular weight is 357 g/mol. The van der Waals surface area contributed by atoms with E-state index >= 15 is 0 Å². The van der Waals surface area contributed by atoms with Crippen LogP contribution in [0.1, 0.15) is 47.5 Å². The Kier molecular flexibility index (Phi) is 6.76. The van der Waals surface area contributed by atoms with Crippen molar-refractivity contribution in [3.63, 3.8) is 0 Å². The number of ether oxygens (including phenoxy) is 3. The highest BCUT2D eigenvalue weighted by atomic mass is 32.2. The maximum absolute atomic E-state index is 5.88. The summed E-state index contributed by atoms with van der Waals surface area (Å²) in [5.74, 6) is 1.48. The van der Waals surface area contributed by atoms with Crippen LogP contribution in [0, 0.1) is 0 Å². The van der Waals surface area contributed by atoms with Gasteiger partial charge in [-0.05, 0) is 59.3 Å². The summed E-state index contributed by atoms with van der Waals surface area (Å²) in [6.45, 7) is 12.6. The van der Waals surface area contributed by atoms with Crippen LogP contribution in [0.5, 0.6) is 0 Å². The fourth-order valence-corrected chi connectivity index (χ4v) is 3.12. The molecular weight excluding hydrogens is 324 g/mol. The molecule has 1 atom stereocenters. The first-order chi connectivity index (χ1) is 11.2. The predicted octanol–water partition coefficient (Wildman–Crippen LogP) is 3.35. The van der Waals surface area contributed by atoms with Crippen molar-refractivity contribution in [1.82, 2.24) is 5.32 Å². The Hall–Kier alpha value is -0.560. The van der Waals surface area contributed by atoms with Crippen LogP contribution >= 0.6 is 11.8 Å². The highest BCUT2D eigenvalue weighted by molar-refractivity contribution is 7.98. The Morgan fingerprint density at radius 3 is 2.62 bits per heavy atom. The lowest BCUT2D eigenvalue weighted by Gasteiger charge is -2.18. The molecule has 2 aliphatic rings. The van der Waals surface area contributed by atoms with Crippen molar-refractivity contribution in [2.24, 2.45) is 4.99 Å². The standard InChI is InChI=1S/C18H32N2O3S/c1-13(9-21-12-24-6)14(16-20-18(4,5)11-23-16)7-8-15-19-17(2,3)10-22-15/h15,19H,7-12H2,1-6H3/b14-13-. The third kappa shape index (κ3) is 5.76. The Balaban J connectivity index is 2.04. The molecule has 0 aromatic rings. The number of hydrogen-bond donors (Lipinski definition) is 1. The smallest absolute Gasteiger partial charge is 0.212 e. The molecular formula is C18H32N2O3S. The first-order valence-electron chi connectivity index (χ1n) is 8.60. The first-order valence-corrected chi connectivity index (χ1v) is 9.99. The van der Waals surface area contributed by atoms with Crippen molar-refractivity contribution < 1.29 is 14.2 Å². The second kappa shape index (κ2) is 8.21.